The summed E-state index contributed by atoms with van der Waals surface area (Å²) in [5, 5.41) is 0. The Morgan fingerprint density at radius 1 is 1.22 bits per heavy atom. The number of hydrogen-bond acceptors (Lipinski definition) is 5. The Kier molecular flexibility index (Phi) is 5.82. The van der Waals surface area contributed by atoms with E-state index in [4.69, 9.17) is 4.74 Å². The molecule has 2 aromatic rings. The lowest BCUT2D eigenvalue weighted by atomic mass is 10.1. The maximum atomic E-state index is 13.6. The molecule has 0 radical (unpaired) electrons. The Morgan fingerprint density at radius 3 is 2.37 bits per heavy atom. The molecule has 0 fully saturated rings. The molecule has 2 rings (SSSR count). The van der Waals surface area contributed by atoms with Gasteiger partial charge in [0, 0.05) is 24.5 Å². The highest BCUT2D eigenvalue weighted by Crippen LogP contribution is 2.37. The maximum absolute atomic E-state index is 13.6. The second-order valence-electron chi connectivity index (χ2n) is 6.57. The molecule has 0 saturated carbocycles. The molecule has 144 valence electrons. The average molecular weight is 380 g/mol. The lowest BCUT2D eigenvalue weighted by Gasteiger charge is -2.28. The van der Waals surface area contributed by atoms with Crippen LogP contribution in [0.3, 0.4) is 0 Å². The largest absolute Gasteiger partial charge is 0.443 e. The molecule has 1 amide bonds. The molecule has 0 aliphatic heterocycles. The van der Waals surface area contributed by atoms with E-state index in [1.54, 1.807) is 20.8 Å². The molecule has 0 aliphatic rings. The first-order chi connectivity index (χ1) is 12.5. The van der Waals surface area contributed by atoms with Crippen molar-refractivity contribution in [2.24, 2.45) is 0 Å². The number of halogens is 3. The minimum Gasteiger partial charge on any atom is -0.443 e. The van der Waals surface area contributed by atoms with E-state index in [0.717, 1.165) is 4.90 Å². The zero-order chi connectivity index (χ0) is 20.2. The minimum absolute atomic E-state index is 0.0365. The fraction of sp³-hybridized carbons (Fsp3) is 0.333. The van der Waals surface area contributed by atoms with Crippen molar-refractivity contribution in [3.63, 3.8) is 0 Å². The highest BCUT2D eigenvalue weighted by molar-refractivity contribution is 5.89. The van der Waals surface area contributed by atoms with Crippen LogP contribution in [0.1, 0.15) is 26.5 Å². The van der Waals surface area contributed by atoms with E-state index in [-0.39, 0.29) is 12.2 Å². The van der Waals surface area contributed by atoms with Crippen LogP contribution in [0.25, 0.3) is 11.3 Å². The molecule has 6 nitrogen and oxygen atoms in total. The molecule has 0 atom stereocenters. The number of ether oxygens (including phenoxy) is 1. The molecule has 27 heavy (non-hydrogen) atoms. The van der Waals surface area contributed by atoms with Gasteiger partial charge in [0.1, 0.15) is 11.9 Å². The number of hydrogen-bond donors (Lipinski definition) is 0. The fourth-order valence-corrected chi connectivity index (χ4v) is 2.19. The quantitative estimate of drug-likeness (QED) is 0.732. The molecule has 0 saturated heterocycles. The Hall–Kier alpha value is -2.97. The predicted octanol–water partition coefficient (Wildman–Crippen LogP) is 4.48. The van der Waals surface area contributed by atoms with Gasteiger partial charge >= 0.3 is 12.3 Å². The van der Waals surface area contributed by atoms with Crippen molar-refractivity contribution in [3.8, 4) is 11.3 Å². The summed E-state index contributed by atoms with van der Waals surface area (Å²) in [6, 6.07) is 2.54. The molecule has 0 spiro atoms. The number of pyridine rings is 1. The van der Waals surface area contributed by atoms with Gasteiger partial charge in [-0.1, -0.05) is 6.08 Å². The Bertz CT molecular complexity index is 818. The van der Waals surface area contributed by atoms with E-state index in [2.05, 4.69) is 21.5 Å². The van der Waals surface area contributed by atoms with Crippen molar-refractivity contribution in [1.29, 1.82) is 0 Å². The van der Waals surface area contributed by atoms with Gasteiger partial charge in [-0.3, -0.25) is 4.90 Å². The lowest BCUT2D eigenvalue weighted by molar-refractivity contribution is -0.140. The molecule has 0 aromatic carbocycles. The zero-order valence-electron chi connectivity index (χ0n) is 15.1. The van der Waals surface area contributed by atoms with Crippen LogP contribution >= 0.6 is 0 Å². The summed E-state index contributed by atoms with van der Waals surface area (Å²) in [6.07, 6.45) is -0.442. The number of anilines is 1. The number of rotatable bonds is 4. The van der Waals surface area contributed by atoms with E-state index >= 15 is 0 Å². The summed E-state index contributed by atoms with van der Waals surface area (Å²) < 4.78 is 46.2. The van der Waals surface area contributed by atoms with Gasteiger partial charge in [-0.05, 0) is 32.9 Å². The van der Waals surface area contributed by atoms with Gasteiger partial charge < -0.3 is 4.74 Å². The summed E-state index contributed by atoms with van der Waals surface area (Å²) >= 11 is 0. The van der Waals surface area contributed by atoms with E-state index in [1.807, 2.05) is 0 Å². The standard InChI is InChI=1S/C18H19F3N4O2/c1-5-8-25(16(26)27-17(2,3)4)14-7-6-13(12-9-22-11-23-10-12)24-15(14)18(19,20)21/h5-7,9-11H,1,8H2,2-4H3. The van der Waals surface area contributed by atoms with Crippen LogP contribution in [0, 0.1) is 0 Å². The third-order valence-corrected chi connectivity index (χ3v) is 3.22. The highest BCUT2D eigenvalue weighted by atomic mass is 19.4. The van der Waals surface area contributed by atoms with Gasteiger partial charge in [0.25, 0.3) is 0 Å². The first-order valence-corrected chi connectivity index (χ1v) is 7.98. The van der Waals surface area contributed by atoms with Crippen molar-refractivity contribution in [2.75, 3.05) is 11.4 Å². The van der Waals surface area contributed by atoms with Crippen LogP contribution in [0.5, 0.6) is 0 Å². The van der Waals surface area contributed by atoms with Crippen LogP contribution < -0.4 is 4.90 Å². The van der Waals surface area contributed by atoms with Crippen LogP contribution in [0.15, 0.2) is 43.5 Å². The highest BCUT2D eigenvalue weighted by Gasteiger charge is 2.39. The molecule has 2 aromatic heterocycles. The Balaban J connectivity index is 2.55. The Labute approximate surface area is 154 Å². The molecular weight excluding hydrogens is 361 g/mol. The second-order valence-corrected chi connectivity index (χ2v) is 6.57. The topological polar surface area (TPSA) is 68.2 Å². The monoisotopic (exact) mass is 380 g/mol. The van der Waals surface area contributed by atoms with E-state index in [0.29, 0.717) is 5.56 Å². The van der Waals surface area contributed by atoms with Gasteiger partial charge in [0.15, 0.2) is 5.69 Å². The van der Waals surface area contributed by atoms with Crippen LogP contribution in [-0.2, 0) is 10.9 Å². The van der Waals surface area contributed by atoms with Crippen molar-refractivity contribution >= 4 is 11.8 Å². The van der Waals surface area contributed by atoms with E-state index < -0.39 is 29.3 Å². The van der Waals surface area contributed by atoms with Crippen LogP contribution in [-0.4, -0.2) is 33.2 Å². The molecule has 0 N–H and O–H groups in total. The third-order valence-electron chi connectivity index (χ3n) is 3.22. The normalized spacial score (nSPS) is 11.8. The Morgan fingerprint density at radius 2 is 1.85 bits per heavy atom. The van der Waals surface area contributed by atoms with Gasteiger partial charge in [-0.15, -0.1) is 6.58 Å². The minimum atomic E-state index is -4.79. The van der Waals surface area contributed by atoms with Crippen LogP contribution in [0.2, 0.25) is 0 Å². The van der Waals surface area contributed by atoms with Crippen molar-refractivity contribution < 1.29 is 22.7 Å². The maximum Gasteiger partial charge on any atom is 0.435 e. The predicted molar refractivity (Wildman–Crippen MR) is 94.0 cm³/mol. The summed E-state index contributed by atoms with van der Waals surface area (Å²) in [5.74, 6) is 0. The lowest BCUT2D eigenvalue weighted by Crippen LogP contribution is -2.38. The van der Waals surface area contributed by atoms with Gasteiger partial charge in [-0.2, -0.15) is 13.2 Å². The summed E-state index contributed by atoms with van der Waals surface area (Å²) in [5.41, 5.74) is -2.14. The van der Waals surface area contributed by atoms with Crippen LogP contribution in [0.4, 0.5) is 23.7 Å². The molecular formula is C18H19F3N4O2. The SMILES string of the molecule is C=CCN(C(=O)OC(C)(C)C)c1ccc(-c2cncnc2)nc1C(F)(F)F. The van der Waals surface area contributed by atoms with Crippen molar-refractivity contribution in [1.82, 2.24) is 15.0 Å². The van der Waals surface area contributed by atoms with Crippen molar-refractivity contribution in [3.05, 3.63) is 49.2 Å². The number of amides is 1. The number of aromatic nitrogens is 3. The molecule has 9 heteroatoms. The van der Waals surface area contributed by atoms with Gasteiger partial charge in [0.2, 0.25) is 0 Å². The second kappa shape index (κ2) is 7.73. The molecule has 0 aliphatic carbocycles. The summed E-state index contributed by atoms with van der Waals surface area (Å²) in [6.45, 7) is 8.19. The van der Waals surface area contributed by atoms with Gasteiger partial charge in [0.05, 0.1) is 11.4 Å². The third kappa shape index (κ3) is 5.25. The zero-order valence-corrected chi connectivity index (χ0v) is 15.1. The fourth-order valence-electron chi connectivity index (χ4n) is 2.19. The summed E-state index contributed by atoms with van der Waals surface area (Å²) in [4.78, 5) is 24.5. The number of carbonyl (C=O) groups is 1. The van der Waals surface area contributed by atoms with E-state index in [9.17, 15) is 18.0 Å². The molecule has 0 bridgehead atoms. The number of alkyl halides is 3. The van der Waals surface area contributed by atoms with E-state index in [1.165, 1.54) is 36.9 Å². The molecule has 2 heterocycles. The first kappa shape index (κ1) is 20.3. The first-order valence-electron chi connectivity index (χ1n) is 7.98. The number of carbonyl (C=O) groups excluding carboxylic acids is 1. The molecule has 0 unspecified atom stereocenters. The van der Waals surface area contributed by atoms with Gasteiger partial charge in [-0.25, -0.2) is 19.7 Å². The smallest absolute Gasteiger partial charge is 0.435 e. The number of nitrogens with zero attached hydrogens (tertiary/aromatic N) is 4. The van der Waals surface area contributed by atoms with Crippen molar-refractivity contribution in [2.45, 2.75) is 32.5 Å². The summed E-state index contributed by atoms with van der Waals surface area (Å²) in [7, 11) is 0. The average Bonchev–Trinajstić information content (AvgIpc) is 2.57.